The summed E-state index contributed by atoms with van der Waals surface area (Å²) < 4.78 is 41.2. The van der Waals surface area contributed by atoms with Crippen LogP contribution >= 0.6 is 0 Å². The number of benzene rings is 1. The predicted molar refractivity (Wildman–Crippen MR) is 94.3 cm³/mol. The maximum absolute atomic E-state index is 12.3. The summed E-state index contributed by atoms with van der Waals surface area (Å²) in [6.45, 7) is 0. The maximum atomic E-state index is 12.3. The Morgan fingerprint density at radius 3 is 2.43 bits per heavy atom. The molecule has 0 aliphatic rings. The van der Waals surface area contributed by atoms with Crippen molar-refractivity contribution in [3.63, 3.8) is 0 Å². The highest BCUT2D eigenvalue weighted by atomic mass is 19.4. The molecule has 0 bridgehead atoms. The highest BCUT2D eigenvalue weighted by molar-refractivity contribution is 6.02. The number of hydrogen-bond acceptors (Lipinski definition) is 5. The number of nitrogens with one attached hydrogen (secondary N) is 1. The van der Waals surface area contributed by atoms with Crippen molar-refractivity contribution in [3.8, 4) is 0 Å². The monoisotopic (exact) mass is 398 g/mol. The molecule has 0 aliphatic heterocycles. The molecular weight excluding hydrogens is 377 g/mol. The van der Waals surface area contributed by atoms with E-state index in [-0.39, 0.29) is 17.3 Å². The molecule has 152 valence electrons. The van der Waals surface area contributed by atoms with Gasteiger partial charge in [0.15, 0.2) is 5.82 Å². The van der Waals surface area contributed by atoms with Crippen molar-refractivity contribution in [1.82, 2.24) is 10.1 Å². The second-order valence-electron chi connectivity index (χ2n) is 6.24. The number of alkyl halides is 3. The molecule has 0 atom stereocenters. The molecule has 0 saturated heterocycles. The molecule has 10 heteroatoms. The first-order valence-corrected chi connectivity index (χ1v) is 8.86. The van der Waals surface area contributed by atoms with E-state index in [2.05, 4.69) is 20.0 Å². The predicted octanol–water partition coefficient (Wildman–Crippen LogP) is 3.71. The molecule has 0 radical (unpaired) electrons. The number of primary amides is 1. The minimum Gasteiger partial charge on any atom is -0.366 e. The minimum absolute atomic E-state index is 0.0415. The molecule has 2 rings (SSSR count). The number of aryl methyl sites for hydroxylation is 1. The number of halogens is 3. The molecule has 0 spiro atoms. The van der Waals surface area contributed by atoms with Crippen molar-refractivity contribution in [2.24, 2.45) is 5.73 Å². The van der Waals surface area contributed by atoms with Gasteiger partial charge in [0, 0.05) is 12.8 Å². The van der Waals surface area contributed by atoms with E-state index in [4.69, 9.17) is 5.73 Å². The Morgan fingerprint density at radius 1 is 1.07 bits per heavy atom. The SMILES string of the molecule is NC(=O)c1ccccc1NC(=O)CCCCCCCc1noc(C(F)(F)F)n1. The second-order valence-corrected chi connectivity index (χ2v) is 6.24. The fraction of sp³-hybridized carbons (Fsp3) is 0.444. The number of carbonyl (C=O) groups excluding carboxylic acids is 2. The summed E-state index contributed by atoms with van der Waals surface area (Å²) >= 11 is 0. The molecule has 3 N–H and O–H groups in total. The quantitative estimate of drug-likeness (QED) is 0.593. The molecule has 28 heavy (non-hydrogen) atoms. The topological polar surface area (TPSA) is 111 Å². The lowest BCUT2D eigenvalue weighted by atomic mass is 10.1. The lowest BCUT2D eigenvalue weighted by Crippen LogP contribution is -2.17. The number of anilines is 1. The standard InChI is InChI=1S/C18H21F3N4O3/c19-18(20,21)17-24-14(25-28-17)10-4-2-1-3-5-11-15(26)23-13-9-7-6-8-12(13)16(22)27/h6-9H,1-5,10-11H2,(H2,22,27)(H,23,26). The second kappa shape index (κ2) is 9.86. The van der Waals surface area contributed by atoms with Gasteiger partial charge in [-0.15, -0.1) is 0 Å². The highest BCUT2D eigenvalue weighted by Crippen LogP contribution is 2.27. The van der Waals surface area contributed by atoms with Crippen molar-refractivity contribution < 1.29 is 27.3 Å². The number of nitrogens with two attached hydrogens (primary N) is 1. The van der Waals surface area contributed by atoms with Crippen LogP contribution in [0.2, 0.25) is 0 Å². The largest absolute Gasteiger partial charge is 0.471 e. The number of para-hydroxylation sites is 1. The summed E-state index contributed by atoms with van der Waals surface area (Å²) in [5.74, 6) is -2.11. The van der Waals surface area contributed by atoms with E-state index in [1.165, 1.54) is 0 Å². The smallest absolute Gasteiger partial charge is 0.366 e. The van der Waals surface area contributed by atoms with Crippen LogP contribution in [0.5, 0.6) is 0 Å². The Morgan fingerprint density at radius 2 is 1.75 bits per heavy atom. The number of unbranched alkanes of at least 4 members (excludes halogenated alkanes) is 4. The average Bonchev–Trinajstić information content (AvgIpc) is 3.10. The van der Waals surface area contributed by atoms with E-state index < -0.39 is 18.0 Å². The van der Waals surface area contributed by atoms with E-state index in [0.717, 1.165) is 19.3 Å². The van der Waals surface area contributed by atoms with Gasteiger partial charge in [0.1, 0.15) is 0 Å². The summed E-state index contributed by atoms with van der Waals surface area (Å²) in [5.41, 5.74) is 5.91. The number of nitrogens with zero attached hydrogens (tertiary/aromatic N) is 2. The van der Waals surface area contributed by atoms with E-state index in [9.17, 15) is 22.8 Å². The normalized spacial score (nSPS) is 11.4. The van der Waals surface area contributed by atoms with Crippen LogP contribution in [0.3, 0.4) is 0 Å². The van der Waals surface area contributed by atoms with Crippen molar-refractivity contribution in [3.05, 3.63) is 41.5 Å². The number of amides is 2. The van der Waals surface area contributed by atoms with Crippen molar-refractivity contribution in [2.45, 2.75) is 51.1 Å². The fourth-order valence-corrected chi connectivity index (χ4v) is 2.59. The van der Waals surface area contributed by atoms with E-state index >= 15 is 0 Å². The number of hydrogen-bond donors (Lipinski definition) is 2. The van der Waals surface area contributed by atoms with Crippen molar-refractivity contribution in [1.29, 1.82) is 0 Å². The van der Waals surface area contributed by atoms with Crippen LogP contribution in [-0.4, -0.2) is 22.0 Å². The van der Waals surface area contributed by atoms with Gasteiger partial charge in [0.2, 0.25) is 5.91 Å². The number of rotatable bonds is 10. The fourth-order valence-electron chi connectivity index (χ4n) is 2.59. The average molecular weight is 398 g/mol. The third-order valence-corrected chi connectivity index (χ3v) is 3.98. The zero-order valence-electron chi connectivity index (χ0n) is 15.1. The van der Waals surface area contributed by atoms with Gasteiger partial charge in [-0.3, -0.25) is 9.59 Å². The zero-order chi connectivity index (χ0) is 20.6. The summed E-state index contributed by atoms with van der Waals surface area (Å²) in [4.78, 5) is 26.6. The van der Waals surface area contributed by atoms with Crippen LogP contribution in [0, 0.1) is 0 Å². The van der Waals surface area contributed by atoms with Gasteiger partial charge in [-0.05, 0) is 25.0 Å². The van der Waals surface area contributed by atoms with Gasteiger partial charge in [-0.1, -0.05) is 36.6 Å². The highest BCUT2D eigenvalue weighted by Gasteiger charge is 2.38. The summed E-state index contributed by atoms with van der Waals surface area (Å²) in [6, 6.07) is 6.51. The molecule has 0 aliphatic carbocycles. The first-order valence-electron chi connectivity index (χ1n) is 8.86. The molecule has 1 aromatic carbocycles. The van der Waals surface area contributed by atoms with Crippen LogP contribution in [0.4, 0.5) is 18.9 Å². The maximum Gasteiger partial charge on any atom is 0.471 e. The zero-order valence-corrected chi connectivity index (χ0v) is 15.1. The van der Waals surface area contributed by atoms with Gasteiger partial charge in [-0.2, -0.15) is 18.2 Å². The minimum atomic E-state index is -4.62. The van der Waals surface area contributed by atoms with E-state index in [1.807, 2.05) is 0 Å². The van der Waals surface area contributed by atoms with E-state index in [0.29, 0.717) is 31.4 Å². The van der Waals surface area contributed by atoms with Gasteiger partial charge in [0.05, 0.1) is 11.3 Å². The Balaban J connectivity index is 1.60. The summed E-state index contributed by atoms with van der Waals surface area (Å²) in [6.07, 6.45) is -0.317. The van der Waals surface area contributed by atoms with Crippen molar-refractivity contribution in [2.75, 3.05) is 5.32 Å². The molecule has 0 unspecified atom stereocenters. The number of carbonyl (C=O) groups is 2. The molecule has 2 amide bonds. The van der Waals surface area contributed by atoms with Crippen LogP contribution in [0.15, 0.2) is 28.8 Å². The van der Waals surface area contributed by atoms with Crippen molar-refractivity contribution >= 4 is 17.5 Å². The molecule has 1 heterocycles. The van der Waals surface area contributed by atoms with E-state index in [1.54, 1.807) is 24.3 Å². The van der Waals surface area contributed by atoms with Gasteiger partial charge in [-0.25, -0.2) is 0 Å². The summed E-state index contributed by atoms with van der Waals surface area (Å²) in [5, 5.41) is 5.98. The third-order valence-electron chi connectivity index (χ3n) is 3.98. The van der Waals surface area contributed by atoms with Crippen LogP contribution < -0.4 is 11.1 Å². The van der Waals surface area contributed by atoms with Crippen LogP contribution in [-0.2, 0) is 17.4 Å². The molecule has 0 fully saturated rings. The Bertz CT molecular complexity index is 805. The van der Waals surface area contributed by atoms with Crippen LogP contribution in [0.25, 0.3) is 0 Å². The van der Waals surface area contributed by atoms with Gasteiger partial charge >= 0.3 is 12.1 Å². The Kier molecular flexibility index (Phi) is 7.53. The molecule has 7 nitrogen and oxygen atoms in total. The third kappa shape index (κ3) is 6.67. The molecule has 1 aromatic heterocycles. The number of aromatic nitrogens is 2. The molecular formula is C18H21F3N4O3. The Hall–Kier alpha value is -2.91. The van der Waals surface area contributed by atoms with Gasteiger partial charge in [0.25, 0.3) is 5.91 Å². The van der Waals surface area contributed by atoms with Crippen LogP contribution in [0.1, 0.15) is 60.6 Å². The molecule has 0 saturated carbocycles. The lowest BCUT2D eigenvalue weighted by molar-refractivity contribution is -0.159. The summed E-state index contributed by atoms with van der Waals surface area (Å²) in [7, 11) is 0. The lowest BCUT2D eigenvalue weighted by Gasteiger charge is -2.08. The molecule has 2 aromatic rings. The Labute approximate surface area is 159 Å². The first-order chi connectivity index (χ1) is 13.3. The van der Waals surface area contributed by atoms with Gasteiger partial charge < -0.3 is 15.6 Å². The first kappa shape index (κ1) is 21.4.